The van der Waals surface area contributed by atoms with Crippen LogP contribution in [0.3, 0.4) is 0 Å². The lowest BCUT2D eigenvalue weighted by Gasteiger charge is -2.13. The highest BCUT2D eigenvalue weighted by atomic mass is 32.1. The second-order valence-corrected chi connectivity index (χ2v) is 8.98. The van der Waals surface area contributed by atoms with Crippen LogP contribution in [-0.2, 0) is 16.0 Å². The first-order chi connectivity index (χ1) is 18.4. The maximum absolute atomic E-state index is 12.6. The zero-order valence-electron chi connectivity index (χ0n) is 21.4. The van der Waals surface area contributed by atoms with Gasteiger partial charge >= 0.3 is 0 Å². The number of ether oxygens (including phenoxy) is 3. The van der Waals surface area contributed by atoms with Gasteiger partial charge in [0.25, 0.3) is 5.91 Å². The molecule has 2 amide bonds. The van der Waals surface area contributed by atoms with Gasteiger partial charge in [0, 0.05) is 19.0 Å². The molecule has 3 aromatic rings. The summed E-state index contributed by atoms with van der Waals surface area (Å²) in [6, 6.07) is 14.1. The average molecular weight is 536 g/mol. The van der Waals surface area contributed by atoms with E-state index in [4.69, 9.17) is 14.2 Å². The van der Waals surface area contributed by atoms with Gasteiger partial charge in [-0.1, -0.05) is 24.3 Å². The molecule has 1 heterocycles. The lowest BCUT2D eigenvalue weighted by atomic mass is 10.1. The highest BCUT2D eigenvalue weighted by molar-refractivity contribution is 7.15. The van der Waals surface area contributed by atoms with Crippen molar-refractivity contribution in [3.63, 3.8) is 0 Å². The summed E-state index contributed by atoms with van der Waals surface area (Å²) in [4.78, 5) is 23.7. The van der Waals surface area contributed by atoms with Crippen LogP contribution in [0.4, 0.5) is 10.8 Å². The van der Waals surface area contributed by atoms with Crippen molar-refractivity contribution in [2.24, 2.45) is 0 Å². The van der Waals surface area contributed by atoms with Crippen molar-refractivity contribution in [1.82, 2.24) is 10.2 Å². The van der Waals surface area contributed by atoms with Gasteiger partial charge in [0.1, 0.15) is 35.6 Å². The summed E-state index contributed by atoms with van der Waals surface area (Å²) < 4.78 is 17.2. The molecule has 38 heavy (non-hydrogen) atoms. The Kier molecular flexibility index (Phi) is 10.6. The van der Waals surface area contributed by atoms with Crippen molar-refractivity contribution in [3.05, 3.63) is 58.6 Å². The third kappa shape index (κ3) is 8.60. The number of carbonyl (C=O) groups excluding carboxylic acids is 2. The summed E-state index contributed by atoms with van der Waals surface area (Å²) in [6.45, 7) is 6.29. The Morgan fingerprint density at radius 1 is 1.00 bits per heavy atom. The molecule has 0 spiro atoms. The third-order valence-corrected chi connectivity index (χ3v) is 5.78. The van der Waals surface area contributed by atoms with Crippen molar-refractivity contribution in [3.8, 4) is 23.3 Å². The number of rotatable bonds is 13. The molecular weight excluding hydrogens is 506 g/mol. The SMILES string of the molecule is CCCc1nnc(NC(=O)/C(C#N)=C\c2ccc(OCCOc3ccc(NC(C)=O)cc3)c(OCC)c2)s1. The molecule has 0 aliphatic rings. The molecule has 198 valence electrons. The lowest BCUT2D eigenvalue weighted by molar-refractivity contribution is -0.114. The quantitative estimate of drug-likeness (QED) is 0.180. The van der Waals surface area contributed by atoms with Crippen LogP contribution in [0.15, 0.2) is 48.0 Å². The van der Waals surface area contributed by atoms with E-state index in [0.717, 1.165) is 17.8 Å². The van der Waals surface area contributed by atoms with Crippen molar-refractivity contribution in [2.45, 2.75) is 33.6 Å². The largest absolute Gasteiger partial charge is 0.490 e. The van der Waals surface area contributed by atoms with Gasteiger partial charge in [-0.15, -0.1) is 10.2 Å². The highest BCUT2D eigenvalue weighted by Gasteiger charge is 2.14. The monoisotopic (exact) mass is 535 g/mol. The Morgan fingerprint density at radius 2 is 1.76 bits per heavy atom. The molecule has 0 saturated carbocycles. The number of nitrogens with one attached hydrogen (secondary N) is 2. The van der Waals surface area contributed by atoms with Gasteiger partial charge in [-0.2, -0.15) is 5.26 Å². The maximum atomic E-state index is 12.6. The molecule has 11 heteroatoms. The predicted octanol–water partition coefficient (Wildman–Crippen LogP) is 4.85. The van der Waals surface area contributed by atoms with Crippen molar-refractivity contribution < 1.29 is 23.8 Å². The minimum absolute atomic E-state index is 0.0775. The van der Waals surface area contributed by atoms with E-state index >= 15 is 0 Å². The van der Waals surface area contributed by atoms with Gasteiger partial charge in [-0.05, 0) is 61.4 Å². The van der Waals surface area contributed by atoms with Crippen LogP contribution in [0.25, 0.3) is 6.08 Å². The van der Waals surface area contributed by atoms with Crippen LogP contribution < -0.4 is 24.8 Å². The number of nitrogens with zero attached hydrogens (tertiary/aromatic N) is 3. The Balaban J connectivity index is 1.60. The summed E-state index contributed by atoms with van der Waals surface area (Å²) in [5.41, 5.74) is 1.22. The van der Waals surface area contributed by atoms with Crippen LogP contribution in [0.5, 0.6) is 17.2 Å². The van der Waals surface area contributed by atoms with Crippen LogP contribution in [0.1, 0.15) is 37.8 Å². The van der Waals surface area contributed by atoms with Crippen LogP contribution in [-0.4, -0.2) is 41.8 Å². The topological polar surface area (TPSA) is 135 Å². The van der Waals surface area contributed by atoms with Gasteiger partial charge in [0.15, 0.2) is 11.5 Å². The minimum atomic E-state index is -0.563. The van der Waals surface area contributed by atoms with E-state index in [-0.39, 0.29) is 24.7 Å². The molecule has 0 fully saturated rings. The van der Waals surface area contributed by atoms with E-state index in [9.17, 15) is 14.9 Å². The van der Waals surface area contributed by atoms with E-state index in [1.165, 1.54) is 24.3 Å². The molecule has 2 aromatic carbocycles. The van der Waals surface area contributed by atoms with Gasteiger partial charge in [0.05, 0.1) is 6.61 Å². The third-order valence-electron chi connectivity index (χ3n) is 4.88. The number of hydrogen-bond acceptors (Lipinski definition) is 9. The fourth-order valence-corrected chi connectivity index (χ4v) is 4.09. The van der Waals surface area contributed by atoms with E-state index in [1.807, 2.05) is 19.9 Å². The van der Waals surface area contributed by atoms with E-state index in [0.29, 0.717) is 40.2 Å². The molecule has 1 aromatic heterocycles. The average Bonchev–Trinajstić information content (AvgIpc) is 3.33. The number of benzene rings is 2. The number of amides is 2. The standard InChI is InChI=1S/C27H29N5O5S/c1-4-6-25-31-32-27(38-25)30-26(34)20(17-28)15-19-7-12-23(24(16-19)35-5-2)37-14-13-36-22-10-8-21(9-11-22)29-18(3)33/h7-12,15-16H,4-6,13-14H2,1-3H3,(H,29,33)(H,30,32,34)/b20-15-. The van der Waals surface area contributed by atoms with E-state index in [1.54, 1.807) is 42.5 Å². The molecule has 10 nitrogen and oxygen atoms in total. The van der Waals surface area contributed by atoms with Crippen molar-refractivity contribution >= 4 is 40.0 Å². The normalized spacial score (nSPS) is 10.8. The zero-order chi connectivity index (χ0) is 27.3. The molecule has 0 bridgehead atoms. The smallest absolute Gasteiger partial charge is 0.268 e. The summed E-state index contributed by atoms with van der Waals surface area (Å²) in [6.07, 6.45) is 3.18. The zero-order valence-corrected chi connectivity index (χ0v) is 22.3. The van der Waals surface area contributed by atoms with Crippen molar-refractivity contribution in [2.75, 3.05) is 30.5 Å². The molecule has 0 atom stereocenters. The summed E-state index contributed by atoms with van der Waals surface area (Å²) in [5.74, 6) is 0.929. The number of hydrogen-bond donors (Lipinski definition) is 2. The molecule has 0 radical (unpaired) electrons. The maximum Gasteiger partial charge on any atom is 0.268 e. The van der Waals surface area contributed by atoms with Gasteiger partial charge in [0.2, 0.25) is 11.0 Å². The summed E-state index contributed by atoms with van der Waals surface area (Å²) >= 11 is 1.29. The Morgan fingerprint density at radius 3 is 2.45 bits per heavy atom. The minimum Gasteiger partial charge on any atom is -0.490 e. The summed E-state index contributed by atoms with van der Waals surface area (Å²) in [5, 5.41) is 24.0. The second-order valence-electron chi connectivity index (χ2n) is 7.92. The van der Waals surface area contributed by atoms with Crippen LogP contribution in [0.2, 0.25) is 0 Å². The number of aryl methyl sites for hydroxylation is 1. The Labute approximate surface area is 225 Å². The fraction of sp³-hybridized carbons (Fsp3) is 0.296. The Hall–Kier alpha value is -4.43. The molecule has 0 aliphatic heterocycles. The van der Waals surface area contributed by atoms with Gasteiger partial charge in [-0.25, -0.2) is 0 Å². The molecule has 2 N–H and O–H groups in total. The fourth-order valence-electron chi connectivity index (χ4n) is 3.25. The molecular formula is C27H29N5O5S. The van der Waals surface area contributed by atoms with Crippen LogP contribution in [0, 0.1) is 11.3 Å². The summed E-state index contributed by atoms with van der Waals surface area (Å²) in [7, 11) is 0. The lowest BCUT2D eigenvalue weighted by Crippen LogP contribution is -2.13. The Bertz CT molecular complexity index is 1310. The molecule has 0 unspecified atom stereocenters. The molecule has 0 aliphatic carbocycles. The van der Waals surface area contributed by atoms with Gasteiger partial charge in [-0.3, -0.25) is 14.9 Å². The predicted molar refractivity (Wildman–Crippen MR) is 145 cm³/mol. The first-order valence-corrected chi connectivity index (χ1v) is 12.9. The first kappa shape index (κ1) is 28.1. The van der Waals surface area contributed by atoms with E-state index < -0.39 is 5.91 Å². The number of aromatic nitrogens is 2. The van der Waals surface area contributed by atoms with Crippen LogP contribution >= 0.6 is 11.3 Å². The van der Waals surface area contributed by atoms with Crippen molar-refractivity contribution in [1.29, 1.82) is 5.26 Å². The van der Waals surface area contributed by atoms with E-state index in [2.05, 4.69) is 20.8 Å². The molecule has 3 rings (SSSR count). The second kappa shape index (κ2) is 14.3. The first-order valence-electron chi connectivity index (χ1n) is 12.1. The van der Waals surface area contributed by atoms with Gasteiger partial charge < -0.3 is 19.5 Å². The molecule has 0 saturated heterocycles. The number of anilines is 2. The number of carbonyl (C=O) groups is 2. The highest BCUT2D eigenvalue weighted by Crippen LogP contribution is 2.30. The number of nitriles is 1.